The molecule has 1 saturated heterocycles. The van der Waals surface area contributed by atoms with Gasteiger partial charge in [0.25, 0.3) is 5.91 Å². The molecule has 2 aromatic carbocycles. The average Bonchev–Trinajstić information content (AvgIpc) is 3.55. The van der Waals surface area contributed by atoms with Crippen LogP contribution in [0.15, 0.2) is 51.4 Å². The largest absolute Gasteiger partial charge is 0.493 e. The zero-order chi connectivity index (χ0) is 28.1. The molecule has 0 aliphatic carbocycles. The van der Waals surface area contributed by atoms with E-state index in [9.17, 15) is 36.3 Å². The van der Waals surface area contributed by atoms with Gasteiger partial charge in [-0.15, -0.1) is 0 Å². The third kappa shape index (κ3) is 5.22. The van der Waals surface area contributed by atoms with E-state index in [1.165, 1.54) is 18.3 Å². The minimum Gasteiger partial charge on any atom is -0.493 e. The third-order valence-corrected chi connectivity index (χ3v) is 8.89. The maximum atomic E-state index is 13.9. The van der Waals surface area contributed by atoms with E-state index in [0.717, 1.165) is 6.07 Å². The predicted molar refractivity (Wildman–Crippen MR) is 136 cm³/mol. The van der Waals surface area contributed by atoms with E-state index in [1.54, 1.807) is 18.2 Å². The number of nitrogens with one attached hydrogen (secondary N) is 1. The number of halogens is 4. The van der Waals surface area contributed by atoms with E-state index < -0.39 is 45.2 Å². The Labute approximate surface area is 227 Å². The highest BCUT2D eigenvalue weighted by Crippen LogP contribution is 2.37. The molecule has 39 heavy (non-hydrogen) atoms. The van der Waals surface area contributed by atoms with Crippen molar-refractivity contribution in [3.63, 3.8) is 0 Å². The molecule has 2 aliphatic rings. The summed E-state index contributed by atoms with van der Waals surface area (Å²) in [7, 11) is -4.06. The van der Waals surface area contributed by atoms with Crippen LogP contribution in [0.25, 0.3) is 5.57 Å². The zero-order valence-electron chi connectivity index (χ0n) is 19.6. The fraction of sp³-hybridized carbons (Fsp3) is 0.217. The van der Waals surface area contributed by atoms with Gasteiger partial charge in [0, 0.05) is 23.6 Å². The molecule has 2 aliphatic heterocycles. The van der Waals surface area contributed by atoms with Gasteiger partial charge in [0.15, 0.2) is 0 Å². The number of carbonyl (C=O) groups excluding carboxylic acids is 1. The van der Waals surface area contributed by atoms with Crippen LogP contribution in [0.1, 0.15) is 21.6 Å². The molecule has 0 radical (unpaired) electrons. The van der Waals surface area contributed by atoms with Crippen LogP contribution in [0.4, 0.5) is 13.2 Å². The maximum Gasteiger partial charge on any atom is 0.416 e. The minimum absolute atomic E-state index is 0.00167. The van der Waals surface area contributed by atoms with E-state index in [4.69, 9.17) is 11.6 Å². The van der Waals surface area contributed by atoms with E-state index in [1.807, 2.05) is 0 Å². The molecule has 2 N–H and O–H groups in total. The van der Waals surface area contributed by atoms with Gasteiger partial charge in [0.1, 0.15) is 6.54 Å². The van der Waals surface area contributed by atoms with E-state index in [2.05, 4.69) is 14.9 Å². The highest BCUT2D eigenvalue weighted by molar-refractivity contribution is 7.87. The van der Waals surface area contributed by atoms with Crippen molar-refractivity contribution in [2.75, 3.05) is 13.1 Å². The van der Waals surface area contributed by atoms with Gasteiger partial charge >= 0.3 is 21.3 Å². The second-order valence-electron chi connectivity index (χ2n) is 8.54. The Balaban J connectivity index is 1.65. The molecule has 10 nitrogen and oxygen atoms in total. The Bertz CT molecular complexity index is 1830. The van der Waals surface area contributed by atoms with E-state index >= 15 is 0 Å². The molecule has 1 fully saturated rings. The summed E-state index contributed by atoms with van der Waals surface area (Å²) < 4.78 is 69.0. The average molecular weight is 600 g/mol. The summed E-state index contributed by atoms with van der Waals surface area (Å²) in [5.41, 5.74) is -0.422. The van der Waals surface area contributed by atoms with Crippen molar-refractivity contribution in [2.45, 2.75) is 19.1 Å². The Morgan fingerprint density at radius 1 is 1.21 bits per heavy atom. The second-order valence-corrected chi connectivity index (χ2v) is 11.6. The summed E-state index contributed by atoms with van der Waals surface area (Å²) in [6, 6.07) is 8.07. The highest BCUT2D eigenvalue weighted by Gasteiger charge is 2.35. The van der Waals surface area contributed by atoms with Crippen molar-refractivity contribution in [1.82, 2.24) is 13.6 Å². The Kier molecular flexibility index (Phi) is 6.86. The number of rotatable bonds is 5. The fourth-order valence-corrected chi connectivity index (χ4v) is 6.53. The smallest absolute Gasteiger partial charge is 0.416 e. The van der Waals surface area contributed by atoms with Crippen LogP contribution in [0, 0.1) is 0 Å². The summed E-state index contributed by atoms with van der Waals surface area (Å²) in [6.07, 6.45) is -3.65. The molecule has 0 saturated carbocycles. The lowest BCUT2D eigenvalue weighted by Crippen LogP contribution is -2.38. The maximum absolute atomic E-state index is 13.9. The molecule has 204 valence electrons. The predicted octanol–water partition coefficient (Wildman–Crippen LogP) is 1.37. The summed E-state index contributed by atoms with van der Waals surface area (Å²) in [5.74, 6) is -1.64. The lowest BCUT2D eigenvalue weighted by atomic mass is 9.96. The molecular formula is C23H17ClF3N5O5S2. The molecule has 0 unspecified atom stereocenters. The van der Waals surface area contributed by atoms with Crippen molar-refractivity contribution in [2.24, 2.45) is 10.2 Å². The summed E-state index contributed by atoms with van der Waals surface area (Å²) >= 11 is 6.35. The van der Waals surface area contributed by atoms with Crippen LogP contribution in [-0.4, -0.2) is 47.6 Å². The first kappa shape index (κ1) is 27.1. The number of amides is 1. The van der Waals surface area contributed by atoms with E-state index in [0.29, 0.717) is 36.3 Å². The Morgan fingerprint density at radius 3 is 2.67 bits per heavy atom. The molecule has 0 spiro atoms. The SMILES string of the molecule is O=C(Cn1c(O)c(C(Cc2ccc(Cl)cc2C(F)(F)F)=c2ccc3c(c2)C=NN=3)sc1=O)N1CCNS1(=O)=O. The number of aromatic hydroxyl groups is 1. The lowest BCUT2D eigenvalue weighted by molar-refractivity contribution is -0.138. The first-order chi connectivity index (χ1) is 18.3. The monoisotopic (exact) mass is 599 g/mol. The number of alkyl halides is 3. The first-order valence-corrected chi connectivity index (χ1v) is 13.8. The Morgan fingerprint density at radius 2 is 1.97 bits per heavy atom. The van der Waals surface area contributed by atoms with Gasteiger partial charge in [-0.3, -0.25) is 14.2 Å². The van der Waals surface area contributed by atoms with Crippen molar-refractivity contribution < 1.29 is 31.5 Å². The van der Waals surface area contributed by atoms with Crippen molar-refractivity contribution in [1.29, 1.82) is 0 Å². The molecule has 1 aromatic heterocycles. The minimum atomic E-state index is -4.74. The van der Waals surface area contributed by atoms with Crippen LogP contribution in [0.3, 0.4) is 0 Å². The van der Waals surface area contributed by atoms with Gasteiger partial charge < -0.3 is 5.11 Å². The normalized spacial score (nSPS) is 16.8. The van der Waals surface area contributed by atoms with Crippen molar-refractivity contribution in [3.05, 3.63) is 83.2 Å². The molecule has 3 heterocycles. The van der Waals surface area contributed by atoms with Gasteiger partial charge in [-0.05, 0) is 40.6 Å². The molecule has 5 rings (SSSR count). The zero-order valence-corrected chi connectivity index (χ0v) is 22.0. The topological polar surface area (TPSA) is 133 Å². The van der Waals surface area contributed by atoms with Gasteiger partial charge in [-0.1, -0.05) is 35.1 Å². The summed E-state index contributed by atoms with van der Waals surface area (Å²) in [4.78, 5) is 24.6. The molecule has 0 bridgehead atoms. The van der Waals surface area contributed by atoms with Gasteiger partial charge in [-0.25, -0.2) is 4.31 Å². The van der Waals surface area contributed by atoms with Gasteiger partial charge in [0.2, 0.25) is 5.88 Å². The van der Waals surface area contributed by atoms with Gasteiger partial charge in [0.05, 0.1) is 28.6 Å². The standard InChI is InChI=1S/C23H17ClF3N5O5S2/c24-15-3-1-13(17(9-15)23(25,26)27)8-16(12-2-4-18-14(7-12)10-28-30-18)20-21(34)31(22(35)38-20)11-19(33)32-6-5-29-39(32,36)37/h1-4,7,9-10,29,34H,5-6,8,11H2. The van der Waals surface area contributed by atoms with E-state index in [-0.39, 0.29) is 40.5 Å². The number of hydrogen-bond acceptors (Lipinski definition) is 8. The molecular weight excluding hydrogens is 583 g/mol. The van der Waals surface area contributed by atoms with Crippen LogP contribution in [-0.2, 0) is 34.1 Å². The molecule has 0 atom stereocenters. The lowest BCUT2D eigenvalue weighted by Gasteiger charge is -2.16. The number of benzene rings is 2. The fourth-order valence-electron chi connectivity index (χ4n) is 4.24. The van der Waals surface area contributed by atoms with Gasteiger partial charge in [-0.2, -0.15) is 36.5 Å². The second kappa shape index (κ2) is 9.89. The summed E-state index contributed by atoms with van der Waals surface area (Å²) in [5, 5.41) is 19.6. The third-order valence-electron chi connectivity index (χ3n) is 6.09. The number of aromatic nitrogens is 1. The number of thiazole rings is 1. The van der Waals surface area contributed by atoms with Crippen molar-refractivity contribution >= 4 is 50.8 Å². The Hall–Kier alpha value is -3.53. The summed E-state index contributed by atoms with van der Waals surface area (Å²) in [6.45, 7) is -0.943. The number of carbonyl (C=O) groups is 1. The number of fused-ring (bicyclic) bond motifs is 1. The number of nitrogens with zero attached hydrogens (tertiary/aromatic N) is 4. The van der Waals surface area contributed by atoms with Crippen LogP contribution in [0.5, 0.6) is 5.88 Å². The van der Waals surface area contributed by atoms with Crippen LogP contribution in [0.2, 0.25) is 5.02 Å². The highest BCUT2D eigenvalue weighted by atomic mass is 35.5. The first-order valence-electron chi connectivity index (χ1n) is 11.2. The van der Waals surface area contributed by atoms with Crippen LogP contribution >= 0.6 is 22.9 Å². The van der Waals surface area contributed by atoms with Crippen molar-refractivity contribution in [3.8, 4) is 5.88 Å². The molecule has 1 amide bonds. The van der Waals surface area contributed by atoms with Crippen LogP contribution < -0.4 is 20.2 Å². The molecule has 16 heteroatoms. The number of hydrogen-bond donors (Lipinski definition) is 2. The molecule has 3 aromatic rings. The quantitative estimate of drug-likeness (QED) is 0.457.